The third-order valence-electron chi connectivity index (χ3n) is 3.36. The van der Waals surface area contributed by atoms with Crippen LogP contribution in [0.4, 0.5) is 21.9 Å². The Kier molecular flexibility index (Phi) is 6.83. The molecule has 3 amide bonds. The molecule has 2 aromatic rings. The first-order valence-corrected chi connectivity index (χ1v) is 7.98. The molecule has 0 unspecified atom stereocenters. The maximum atomic E-state index is 12.0. The van der Waals surface area contributed by atoms with Crippen molar-refractivity contribution in [3.05, 3.63) is 82.9 Å². The number of para-hydroxylation sites is 1. The Morgan fingerprint density at radius 3 is 2.30 bits per heavy atom. The van der Waals surface area contributed by atoms with Gasteiger partial charge in [-0.15, -0.1) is 6.58 Å². The van der Waals surface area contributed by atoms with Crippen LogP contribution in [0.3, 0.4) is 0 Å². The Morgan fingerprint density at radius 2 is 1.67 bits per heavy atom. The first-order valence-electron chi connectivity index (χ1n) is 7.98. The standard InChI is InChI=1S/C19H18N4O4/c1-2-13-20-19(25)22-16-10-8-15(9-11-16)21-18(24)12-7-14-5-3-4-6-17(14)23(26)27/h2-12H,1,13H2,(H,21,24)(H2,20,22,25)/b12-7+. The maximum absolute atomic E-state index is 12.0. The fourth-order valence-corrected chi connectivity index (χ4v) is 2.12. The van der Waals surface area contributed by atoms with Crippen molar-refractivity contribution in [3.8, 4) is 0 Å². The Hall–Kier alpha value is -3.94. The van der Waals surface area contributed by atoms with Gasteiger partial charge in [0, 0.05) is 30.1 Å². The minimum Gasteiger partial charge on any atom is -0.334 e. The number of nitrogens with one attached hydrogen (secondary N) is 3. The van der Waals surface area contributed by atoms with Gasteiger partial charge in [0.05, 0.1) is 10.5 Å². The molecule has 138 valence electrons. The lowest BCUT2D eigenvalue weighted by Crippen LogP contribution is -2.28. The van der Waals surface area contributed by atoms with Crippen LogP contribution in [-0.4, -0.2) is 23.4 Å². The molecule has 2 rings (SSSR count). The summed E-state index contributed by atoms with van der Waals surface area (Å²) in [7, 11) is 0. The quantitative estimate of drug-likeness (QED) is 0.301. The average Bonchev–Trinajstić information content (AvgIpc) is 2.66. The summed E-state index contributed by atoms with van der Waals surface area (Å²) in [5.41, 5.74) is 1.34. The SMILES string of the molecule is C=CCNC(=O)Nc1ccc(NC(=O)/C=C/c2ccccc2[N+](=O)[O-])cc1. The van der Waals surface area contributed by atoms with Crippen LogP contribution in [0.25, 0.3) is 6.08 Å². The van der Waals surface area contributed by atoms with Crippen molar-refractivity contribution >= 4 is 35.1 Å². The van der Waals surface area contributed by atoms with Crippen LogP contribution >= 0.6 is 0 Å². The highest BCUT2D eigenvalue weighted by Crippen LogP contribution is 2.19. The first kappa shape index (κ1) is 19.4. The third kappa shape index (κ3) is 6.13. The van der Waals surface area contributed by atoms with Crippen LogP contribution in [-0.2, 0) is 4.79 Å². The number of amides is 3. The highest BCUT2D eigenvalue weighted by Gasteiger charge is 2.09. The van der Waals surface area contributed by atoms with E-state index >= 15 is 0 Å². The Balaban J connectivity index is 1.95. The molecule has 8 heteroatoms. The molecule has 8 nitrogen and oxygen atoms in total. The molecule has 0 aliphatic heterocycles. The zero-order chi connectivity index (χ0) is 19.6. The molecule has 0 saturated carbocycles. The lowest BCUT2D eigenvalue weighted by Gasteiger charge is -2.07. The lowest BCUT2D eigenvalue weighted by molar-refractivity contribution is -0.385. The molecular formula is C19H18N4O4. The van der Waals surface area contributed by atoms with Crippen LogP contribution in [0, 0.1) is 10.1 Å². The molecule has 3 N–H and O–H groups in total. The number of nitrogens with zero attached hydrogens (tertiary/aromatic N) is 1. The van der Waals surface area contributed by atoms with Crippen LogP contribution in [0.2, 0.25) is 0 Å². The van der Waals surface area contributed by atoms with E-state index in [9.17, 15) is 19.7 Å². The number of carbonyl (C=O) groups excluding carboxylic acids is 2. The summed E-state index contributed by atoms with van der Waals surface area (Å²) < 4.78 is 0. The second kappa shape index (κ2) is 9.52. The number of rotatable bonds is 7. The smallest absolute Gasteiger partial charge is 0.319 e. The van der Waals surface area contributed by atoms with Crippen molar-refractivity contribution in [2.24, 2.45) is 0 Å². The summed E-state index contributed by atoms with van der Waals surface area (Å²) >= 11 is 0. The lowest BCUT2D eigenvalue weighted by atomic mass is 10.1. The first-order chi connectivity index (χ1) is 13.0. The van der Waals surface area contributed by atoms with E-state index in [4.69, 9.17) is 0 Å². The largest absolute Gasteiger partial charge is 0.334 e. The number of benzene rings is 2. The summed E-state index contributed by atoms with van der Waals surface area (Å²) in [6.07, 6.45) is 4.17. The molecule has 0 saturated heterocycles. The van der Waals surface area contributed by atoms with Gasteiger partial charge in [0.2, 0.25) is 5.91 Å². The third-order valence-corrected chi connectivity index (χ3v) is 3.36. The Labute approximate surface area is 155 Å². The van der Waals surface area contributed by atoms with Crippen LogP contribution in [0.5, 0.6) is 0 Å². The fourth-order valence-electron chi connectivity index (χ4n) is 2.12. The molecule has 0 radical (unpaired) electrons. The van der Waals surface area contributed by atoms with Crippen molar-refractivity contribution in [1.82, 2.24) is 5.32 Å². The van der Waals surface area contributed by atoms with Crippen molar-refractivity contribution < 1.29 is 14.5 Å². The molecule has 0 heterocycles. The van der Waals surface area contributed by atoms with Crippen molar-refractivity contribution in [2.75, 3.05) is 17.2 Å². The number of carbonyl (C=O) groups is 2. The molecule has 0 bridgehead atoms. The number of nitro benzene ring substituents is 1. The van der Waals surface area contributed by atoms with E-state index in [1.165, 1.54) is 18.2 Å². The number of urea groups is 1. The molecule has 0 spiro atoms. The predicted octanol–water partition coefficient (Wildman–Crippen LogP) is 3.55. The molecule has 0 aromatic heterocycles. The number of anilines is 2. The average molecular weight is 366 g/mol. The number of hydrogen-bond acceptors (Lipinski definition) is 4. The van der Waals surface area contributed by atoms with Gasteiger partial charge in [-0.3, -0.25) is 14.9 Å². The van der Waals surface area contributed by atoms with Gasteiger partial charge in [0.25, 0.3) is 5.69 Å². The highest BCUT2D eigenvalue weighted by atomic mass is 16.6. The summed E-state index contributed by atoms with van der Waals surface area (Å²) in [4.78, 5) is 34.0. The topological polar surface area (TPSA) is 113 Å². The van der Waals surface area contributed by atoms with Crippen LogP contribution in [0.15, 0.2) is 67.3 Å². The Morgan fingerprint density at radius 1 is 1.04 bits per heavy atom. The van der Waals surface area contributed by atoms with Gasteiger partial charge in [-0.2, -0.15) is 0 Å². The second-order valence-corrected chi connectivity index (χ2v) is 5.34. The van der Waals surface area contributed by atoms with Crippen molar-refractivity contribution in [2.45, 2.75) is 0 Å². The van der Waals surface area contributed by atoms with Crippen molar-refractivity contribution in [1.29, 1.82) is 0 Å². The molecule has 0 fully saturated rings. The summed E-state index contributed by atoms with van der Waals surface area (Å²) in [6, 6.07) is 12.3. The summed E-state index contributed by atoms with van der Waals surface area (Å²) in [5.74, 6) is -0.433. The normalized spacial score (nSPS) is 10.2. The van der Waals surface area contributed by atoms with E-state index in [1.54, 1.807) is 48.5 Å². The van der Waals surface area contributed by atoms with E-state index in [-0.39, 0.29) is 11.7 Å². The van der Waals surface area contributed by atoms with Gasteiger partial charge in [-0.25, -0.2) is 4.79 Å². The maximum Gasteiger partial charge on any atom is 0.319 e. The fraction of sp³-hybridized carbons (Fsp3) is 0.0526. The van der Waals surface area contributed by atoms with Crippen molar-refractivity contribution in [3.63, 3.8) is 0 Å². The minimum absolute atomic E-state index is 0.0771. The van der Waals surface area contributed by atoms with E-state index in [0.717, 1.165) is 0 Å². The van der Waals surface area contributed by atoms with Crippen LogP contribution < -0.4 is 16.0 Å². The molecule has 0 atom stereocenters. The molecule has 0 aliphatic rings. The zero-order valence-electron chi connectivity index (χ0n) is 14.3. The zero-order valence-corrected chi connectivity index (χ0v) is 14.3. The van der Waals surface area contributed by atoms with Gasteiger partial charge >= 0.3 is 6.03 Å². The van der Waals surface area contributed by atoms with Gasteiger partial charge in [-0.1, -0.05) is 18.2 Å². The molecule has 2 aromatic carbocycles. The molecule has 27 heavy (non-hydrogen) atoms. The highest BCUT2D eigenvalue weighted by molar-refractivity contribution is 6.02. The molecular weight excluding hydrogens is 348 g/mol. The van der Waals surface area contributed by atoms with E-state index in [0.29, 0.717) is 23.5 Å². The van der Waals surface area contributed by atoms with Gasteiger partial charge < -0.3 is 16.0 Å². The van der Waals surface area contributed by atoms with E-state index in [1.807, 2.05) is 0 Å². The summed E-state index contributed by atoms with van der Waals surface area (Å²) in [6.45, 7) is 3.86. The number of nitro groups is 1. The van der Waals surface area contributed by atoms with Gasteiger partial charge in [0.1, 0.15) is 0 Å². The van der Waals surface area contributed by atoms with E-state index in [2.05, 4.69) is 22.5 Å². The summed E-state index contributed by atoms with van der Waals surface area (Å²) in [5, 5.41) is 18.8. The van der Waals surface area contributed by atoms with Crippen LogP contribution in [0.1, 0.15) is 5.56 Å². The predicted molar refractivity (Wildman–Crippen MR) is 104 cm³/mol. The Bertz CT molecular complexity index is 876. The van der Waals surface area contributed by atoms with Gasteiger partial charge in [0.15, 0.2) is 0 Å². The van der Waals surface area contributed by atoms with Gasteiger partial charge in [-0.05, 0) is 36.4 Å². The molecule has 0 aliphatic carbocycles. The second-order valence-electron chi connectivity index (χ2n) is 5.34. The monoisotopic (exact) mass is 366 g/mol. The number of hydrogen-bond donors (Lipinski definition) is 3. The minimum atomic E-state index is -0.505. The van der Waals surface area contributed by atoms with E-state index < -0.39 is 10.8 Å².